The van der Waals surface area contributed by atoms with Gasteiger partial charge in [-0.15, -0.1) is 11.3 Å². The van der Waals surface area contributed by atoms with Gasteiger partial charge < -0.3 is 18.8 Å². The molecule has 4 nitrogen and oxygen atoms in total. The Morgan fingerprint density at radius 1 is 0.508 bits per heavy atom. The predicted molar refractivity (Wildman–Crippen MR) is 279 cm³/mol. The molecule has 0 saturated heterocycles. The summed E-state index contributed by atoms with van der Waals surface area (Å²) in [5.41, 5.74) is 21.8. The van der Waals surface area contributed by atoms with E-state index in [9.17, 15) is 0 Å². The van der Waals surface area contributed by atoms with Crippen LogP contribution in [0, 0.1) is 6.92 Å². The Morgan fingerprint density at radius 3 is 2.02 bits per heavy atom. The fraction of sp³-hybridized carbons (Fsp3) is 0.153. The molecule has 0 N–H and O–H groups in total. The minimum atomic E-state index is -0.0719. The molecule has 65 heavy (non-hydrogen) atoms. The molecule has 11 aromatic rings. The summed E-state index contributed by atoms with van der Waals surface area (Å²) in [6.07, 6.45) is 0. The van der Waals surface area contributed by atoms with Crippen LogP contribution in [-0.2, 0) is 10.8 Å². The van der Waals surface area contributed by atoms with E-state index >= 15 is 0 Å². The molecule has 8 aromatic carbocycles. The smallest absolute Gasteiger partial charge is 0.264 e. The quantitative estimate of drug-likeness (QED) is 0.162. The highest BCUT2D eigenvalue weighted by Gasteiger charge is 2.48. The maximum absolute atomic E-state index is 6.93. The van der Waals surface area contributed by atoms with Gasteiger partial charge in [-0.3, -0.25) is 0 Å². The molecule has 3 aliphatic rings. The summed E-state index contributed by atoms with van der Waals surface area (Å²) in [5.74, 6) is 0. The van der Waals surface area contributed by atoms with Crippen molar-refractivity contribution in [3.63, 3.8) is 0 Å². The summed E-state index contributed by atoms with van der Waals surface area (Å²) in [5, 5.41) is 6.15. The van der Waals surface area contributed by atoms with Crippen molar-refractivity contribution < 1.29 is 4.42 Å². The minimum absolute atomic E-state index is 0.00246. The monoisotopic (exact) mass is 855 g/mol. The standard InChI is InChI=1S/C59H46BN3OS/c1-33-27-47-52-48(28-33)63-49-32-37(59(5,6)7)31-41-40-30-36(58(2,3)4)24-25-44(40)61(53(41)49)45-20-14-19-43(55(45)63)60(52)57-54(42-29-35(23-26-51(42)65-57)34-15-9-8-10-16-34)62(47)46-21-13-18-39-38-17-11-12-22-50(38)64-56(39)46/h8-32H,1-7H3. The Hall–Kier alpha value is -7.02. The maximum Gasteiger partial charge on any atom is 0.264 e. The molecule has 0 saturated carbocycles. The summed E-state index contributed by atoms with van der Waals surface area (Å²) >= 11 is 1.95. The number of aryl methyl sites for hydroxylation is 1. The van der Waals surface area contributed by atoms with E-state index in [0.717, 1.165) is 27.6 Å². The van der Waals surface area contributed by atoms with E-state index in [1.54, 1.807) is 0 Å². The summed E-state index contributed by atoms with van der Waals surface area (Å²) in [7, 11) is 0. The number of fused-ring (bicyclic) bond motifs is 14. The zero-order valence-corrected chi connectivity index (χ0v) is 38.5. The van der Waals surface area contributed by atoms with E-state index in [-0.39, 0.29) is 17.5 Å². The van der Waals surface area contributed by atoms with Gasteiger partial charge in [0, 0.05) is 47.8 Å². The molecule has 0 unspecified atom stereocenters. The van der Waals surface area contributed by atoms with E-state index in [0.29, 0.717) is 0 Å². The Kier molecular flexibility index (Phi) is 7.25. The van der Waals surface area contributed by atoms with E-state index in [1.807, 2.05) is 11.3 Å². The van der Waals surface area contributed by atoms with Crippen molar-refractivity contribution in [1.82, 2.24) is 4.57 Å². The first kappa shape index (κ1) is 37.4. The molecule has 3 aromatic heterocycles. The van der Waals surface area contributed by atoms with Crippen molar-refractivity contribution in [2.24, 2.45) is 0 Å². The summed E-state index contributed by atoms with van der Waals surface area (Å²) < 4.78 is 12.2. The van der Waals surface area contributed by atoms with Gasteiger partial charge in [0.2, 0.25) is 0 Å². The number of hydrogen-bond acceptors (Lipinski definition) is 4. The number of benzene rings is 8. The lowest BCUT2D eigenvalue weighted by atomic mass is 9.36. The molecule has 0 fully saturated rings. The fourth-order valence-corrected chi connectivity index (χ4v) is 12.8. The second-order valence-electron chi connectivity index (χ2n) is 20.6. The number of para-hydroxylation sites is 3. The highest BCUT2D eigenvalue weighted by Crippen LogP contribution is 2.55. The molecule has 0 bridgehead atoms. The average molecular weight is 856 g/mol. The lowest BCUT2D eigenvalue weighted by molar-refractivity contribution is 0.590. The molecule has 3 aliphatic heterocycles. The molecule has 312 valence electrons. The van der Waals surface area contributed by atoms with Crippen LogP contribution in [0.2, 0.25) is 0 Å². The molecule has 6 heterocycles. The van der Waals surface area contributed by atoms with Gasteiger partial charge in [0.1, 0.15) is 5.58 Å². The van der Waals surface area contributed by atoms with Gasteiger partial charge in [-0.1, -0.05) is 126 Å². The Morgan fingerprint density at radius 2 is 1.22 bits per heavy atom. The van der Waals surface area contributed by atoms with Crippen molar-refractivity contribution in [1.29, 1.82) is 0 Å². The molecule has 0 aliphatic carbocycles. The number of furan rings is 1. The number of anilines is 6. The fourth-order valence-electron chi connectivity index (χ4n) is 11.5. The number of rotatable bonds is 2. The summed E-state index contributed by atoms with van der Waals surface area (Å²) in [4.78, 5) is 5.22. The summed E-state index contributed by atoms with van der Waals surface area (Å²) in [6.45, 7) is 16.3. The maximum atomic E-state index is 6.93. The first-order valence-corrected chi connectivity index (χ1v) is 23.8. The molecule has 0 radical (unpaired) electrons. The number of nitrogens with zero attached hydrogens (tertiary/aromatic N) is 3. The minimum Gasteiger partial charge on any atom is -0.454 e. The molecule has 0 spiro atoms. The van der Waals surface area contributed by atoms with Crippen LogP contribution in [0.5, 0.6) is 0 Å². The lowest BCUT2D eigenvalue weighted by Gasteiger charge is -2.45. The number of thiophene rings is 1. The Bertz CT molecular complexity index is 3890. The zero-order valence-electron chi connectivity index (χ0n) is 37.7. The average Bonchev–Trinajstić information content (AvgIpc) is 3.98. The molecular formula is C59H46BN3OS. The molecule has 0 amide bonds. The highest BCUT2D eigenvalue weighted by molar-refractivity contribution is 7.33. The van der Waals surface area contributed by atoms with Gasteiger partial charge in [0.05, 0.1) is 39.5 Å². The van der Waals surface area contributed by atoms with Crippen LogP contribution in [0.1, 0.15) is 58.2 Å². The van der Waals surface area contributed by atoms with Gasteiger partial charge in [-0.2, -0.15) is 0 Å². The SMILES string of the molecule is Cc1cc2c3c(c1)N1c4c(cccc4-n4c5ccc(C(C)(C)C)cc5c5cc(C(C)(C)C)cc1c54)B3c1sc3ccc(-c4ccccc4)cc3c1N2c1cccc2c1oc1ccccc12. The van der Waals surface area contributed by atoms with Gasteiger partial charge >= 0.3 is 0 Å². The van der Waals surface area contributed by atoms with Crippen molar-refractivity contribution in [3.8, 4) is 16.8 Å². The third-order valence-corrected chi connectivity index (χ3v) is 15.8. The second kappa shape index (κ2) is 12.6. The van der Waals surface area contributed by atoms with Gasteiger partial charge in [0.25, 0.3) is 6.71 Å². The van der Waals surface area contributed by atoms with Gasteiger partial charge in [-0.05, 0) is 123 Å². The van der Waals surface area contributed by atoms with Crippen LogP contribution in [-0.4, -0.2) is 11.3 Å². The van der Waals surface area contributed by atoms with E-state index in [1.165, 1.54) is 110 Å². The van der Waals surface area contributed by atoms with Crippen LogP contribution in [0.25, 0.3) is 70.6 Å². The zero-order chi connectivity index (χ0) is 43.8. The van der Waals surface area contributed by atoms with Crippen LogP contribution >= 0.6 is 11.3 Å². The summed E-state index contributed by atoms with van der Waals surface area (Å²) in [6, 6.07) is 57.2. The van der Waals surface area contributed by atoms with Crippen molar-refractivity contribution in [3.05, 3.63) is 168 Å². The topological polar surface area (TPSA) is 24.6 Å². The molecule has 0 atom stereocenters. The predicted octanol–water partition coefficient (Wildman–Crippen LogP) is 14.9. The van der Waals surface area contributed by atoms with Crippen LogP contribution < -0.4 is 25.5 Å². The van der Waals surface area contributed by atoms with Crippen LogP contribution in [0.3, 0.4) is 0 Å². The van der Waals surface area contributed by atoms with E-state index < -0.39 is 0 Å². The van der Waals surface area contributed by atoms with Gasteiger partial charge in [-0.25, -0.2) is 0 Å². The first-order chi connectivity index (χ1) is 31.4. The van der Waals surface area contributed by atoms with Gasteiger partial charge in [0.15, 0.2) is 5.58 Å². The third-order valence-electron chi connectivity index (χ3n) is 14.6. The second-order valence-corrected chi connectivity index (χ2v) is 21.7. The lowest BCUT2D eigenvalue weighted by Crippen LogP contribution is -2.61. The Labute approximate surface area is 383 Å². The largest absolute Gasteiger partial charge is 0.454 e. The van der Waals surface area contributed by atoms with E-state index in [2.05, 4.69) is 214 Å². The molecular weight excluding hydrogens is 810 g/mol. The number of aromatic nitrogens is 1. The van der Waals surface area contributed by atoms with Crippen LogP contribution in [0.15, 0.2) is 156 Å². The normalized spacial score (nSPS) is 14.0. The van der Waals surface area contributed by atoms with Crippen LogP contribution in [0.4, 0.5) is 34.1 Å². The Balaban J connectivity index is 1.13. The van der Waals surface area contributed by atoms with Crippen molar-refractivity contribution in [2.75, 3.05) is 9.80 Å². The molecule has 6 heteroatoms. The van der Waals surface area contributed by atoms with E-state index in [4.69, 9.17) is 4.42 Å². The number of hydrogen-bond donors (Lipinski definition) is 0. The third kappa shape index (κ3) is 4.98. The molecule has 14 rings (SSSR count). The van der Waals surface area contributed by atoms with Crippen molar-refractivity contribution >= 4 is 122 Å². The highest BCUT2D eigenvalue weighted by atomic mass is 32.1. The first-order valence-electron chi connectivity index (χ1n) is 23.0. The van der Waals surface area contributed by atoms with Crippen molar-refractivity contribution in [2.45, 2.75) is 59.3 Å².